The van der Waals surface area contributed by atoms with E-state index in [2.05, 4.69) is 12.8 Å². The lowest BCUT2D eigenvalue weighted by molar-refractivity contribution is 0.668. The summed E-state index contributed by atoms with van der Waals surface area (Å²) >= 11 is 0. The Labute approximate surface area is 58.7 Å². The van der Waals surface area contributed by atoms with Gasteiger partial charge >= 0.3 is 0 Å². The molecule has 0 aliphatic carbocycles. The van der Waals surface area contributed by atoms with Crippen molar-refractivity contribution in [2.24, 2.45) is 0 Å². The lowest BCUT2D eigenvalue weighted by Gasteiger charge is -1.93. The van der Waals surface area contributed by atoms with Gasteiger partial charge < -0.3 is 0 Å². The average Bonchev–Trinajstić information content (AvgIpc) is 1.89. The summed E-state index contributed by atoms with van der Waals surface area (Å²) in [6, 6.07) is 0. The van der Waals surface area contributed by atoms with Crippen LogP contribution in [0, 0.1) is 18.8 Å². The van der Waals surface area contributed by atoms with E-state index >= 15 is 0 Å². The first-order valence-electron chi connectivity index (χ1n) is 3.65. The molecule has 0 aliphatic heterocycles. The molecular weight excluding hydrogens is 108 g/mol. The predicted octanol–water partition coefficient (Wildman–Crippen LogP) is 2.75. The van der Waals surface area contributed by atoms with Crippen molar-refractivity contribution >= 4 is 0 Å². The van der Waals surface area contributed by atoms with Crippen molar-refractivity contribution in [3.63, 3.8) is 0 Å². The van der Waals surface area contributed by atoms with E-state index in [1.54, 1.807) is 6.42 Å². The summed E-state index contributed by atoms with van der Waals surface area (Å²) in [5, 5.41) is 0. The van der Waals surface area contributed by atoms with E-state index < -0.39 is 0 Å². The summed E-state index contributed by atoms with van der Waals surface area (Å²) in [7, 11) is 0. The van der Waals surface area contributed by atoms with Gasteiger partial charge in [0.2, 0.25) is 0 Å². The van der Waals surface area contributed by atoms with Crippen molar-refractivity contribution < 1.29 is 0 Å². The van der Waals surface area contributed by atoms with Gasteiger partial charge in [-0.25, -0.2) is 0 Å². The summed E-state index contributed by atoms with van der Waals surface area (Å²) < 4.78 is 0. The molecule has 0 aromatic rings. The van der Waals surface area contributed by atoms with Crippen LogP contribution in [0.25, 0.3) is 0 Å². The van der Waals surface area contributed by atoms with Crippen LogP contribution in [0.2, 0.25) is 0 Å². The Morgan fingerprint density at radius 3 is 2.67 bits per heavy atom. The third-order valence-corrected chi connectivity index (χ3v) is 1.30. The smallest absolute Gasteiger partial charge is 0.0351 e. The van der Waals surface area contributed by atoms with Crippen molar-refractivity contribution in [3.8, 4) is 5.92 Å². The van der Waals surface area contributed by atoms with Crippen molar-refractivity contribution in [3.05, 3.63) is 12.8 Å². The number of unbranched alkanes of at least 4 members (excludes halogenated alkanes) is 5. The zero-order valence-corrected chi connectivity index (χ0v) is 6.11. The lowest BCUT2D eigenvalue weighted by Crippen LogP contribution is -1.75. The molecule has 50 valence electrons. The fraction of sp³-hybridized carbons (Fsp3) is 0.667. The fourth-order valence-corrected chi connectivity index (χ4v) is 0.745. The predicted molar refractivity (Wildman–Crippen MR) is 40.2 cm³/mol. The Bertz CT molecular complexity index is 76.5. The fourth-order valence-electron chi connectivity index (χ4n) is 0.745. The summed E-state index contributed by atoms with van der Waals surface area (Å²) in [6.45, 7) is 2.20. The summed E-state index contributed by atoms with van der Waals surface area (Å²) in [5.74, 6) is 2.27. The van der Waals surface area contributed by atoms with E-state index in [1.807, 2.05) is 0 Å². The van der Waals surface area contributed by atoms with Gasteiger partial charge in [-0.2, -0.15) is 0 Å². The van der Waals surface area contributed by atoms with E-state index in [-0.39, 0.29) is 0 Å². The van der Waals surface area contributed by atoms with E-state index in [9.17, 15) is 0 Å². The summed E-state index contributed by atoms with van der Waals surface area (Å²) in [5.41, 5.74) is 0. The third-order valence-electron chi connectivity index (χ3n) is 1.30. The third kappa shape index (κ3) is 7.56. The van der Waals surface area contributed by atoms with Crippen molar-refractivity contribution in [2.75, 3.05) is 0 Å². The SMILES string of the molecule is [C]#C[CH]CCCCCC. The average molecular weight is 122 g/mol. The van der Waals surface area contributed by atoms with Crippen LogP contribution in [-0.2, 0) is 0 Å². The van der Waals surface area contributed by atoms with Gasteiger partial charge in [-0.1, -0.05) is 38.5 Å². The first kappa shape index (κ1) is 8.56. The molecule has 0 fully saturated rings. The van der Waals surface area contributed by atoms with E-state index in [4.69, 9.17) is 6.42 Å². The Kier molecular flexibility index (Phi) is 7.19. The van der Waals surface area contributed by atoms with Crippen molar-refractivity contribution in [1.29, 1.82) is 0 Å². The quantitative estimate of drug-likeness (QED) is 0.388. The standard InChI is InChI=1S/C9H14/c1-3-5-7-9-8-6-4-2/h6H,3,5,7-9H2,1H3. The molecule has 0 bridgehead atoms. The number of hydrogen-bond acceptors (Lipinski definition) is 0. The maximum atomic E-state index is 6.58. The molecule has 9 heavy (non-hydrogen) atoms. The summed E-state index contributed by atoms with van der Waals surface area (Å²) in [6.07, 6.45) is 14.5. The Morgan fingerprint density at radius 1 is 1.33 bits per heavy atom. The molecule has 0 N–H and O–H groups in total. The molecule has 0 spiro atoms. The normalized spacial score (nSPS) is 8.89. The van der Waals surface area contributed by atoms with Gasteiger partial charge in [0.25, 0.3) is 0 Å². The zero-order chi connectivity index (χ0) is 6.95. The van der Waals surface area contributed by atoms with Crippen LogP contribution >= 0.6 is 0 Å². The van der Waals surface area contributed by atoms with E-state index in [1.165, 1.54) is 25.7 Å². The zero-order valence-electron chi connectivity index (χ0n) is 6.11. The van der Waals surface area contributed by atoms with Crippen molar-refractivity contribution in [1.82, 2.24) is 0 Å². The van der Waals surface area contributed by atoms with Crippen LogP contribution in [0.5, 0.6) is 0 Å². The van der Waals surface area contributed by atoms with E-state index in [0.717, 1.165) is 6.42 Å². The van der Waals surface area contributed by atoms with E-state index in [0.29, 0.717) is 0 Å². The van der Waals surface area contributed by atoms with Crippen LogP contribution in [-0.4, -0.2) is 0 Å². The molecule has 0 unspecified atom stereocenters. The second-order valence-electron chi connectivity index (χ2n) is 2.20. The highest BCUT2D eigenvalue weighted by molar-refractivity contribution is 4.94. The maximum absolute atomic E-state index is 6.58. The highest BCUT2D eigenvalue weighted by atomic mass is 13.9. The molecule has 0 aromatic carbocycles. The molecule has 0 heteroatoms. The highest BCUT2D eigenvalue weighted by Gasteiger charge is 1.85. The molecule has 0 saturated carbocycles. The van der Waals surface area contributed by atoms with Crippen LogP contribution in [0.1, 0.15) is 39.0 Å². The molecule has 0 rings (SSSR count). The van der Waals surface area contributed by atoms with Crippen LogP contribution in [0.3, 0.4) is 0 Å². The van der Waals surface area contributed by atoms with Gasteiger partial charge in [-0.3, -0.25) is 0 Å². The van der Waals surface area contributed by atoms with Gasteiger partial charge in [0.15, 0.2) is 0 Å². The molecular formula is C9H14. The lowest BCUT2D eigenvalue weighted by atomic mass is 10.1. The van der Waals surface area contributed by atoms with Crippen LogP contribution < -0.4 is 0 Å². The Hall–Kier alpha value is -0.440. The highest BCUT2D eigenvalue weighted by Crippen LogP contribution is 2.02. The van der Waals surface area contributed by atoms with Gasteiger partial charge in [-0.15, -0.1) is 0 Å². The van der Waals surface area contributed by atoms with Gasteiger partial charge in [0, 0.05) is 6.42 Å². The first-order chi connectivity index (χ1) is 4.41. The summed E-state index contributed by atoms with van der Waals surface area (Å²) in [4.78, 5) is 0. The first-order valence-corrected chi connectivity index (χ1v) is 3.65. The second kappa shape index (κ2) is 7.56. The number of rotatable bonds is 5. The minimum Gasteiger partial charge on any atom is -0.0844 e. The Morgan fingerprint density at radius 2 is 2.11 bits per heavy atom. The van der Waals surface area contributed by atoms with Crippen LogP contribution in [0.15, 0.2) is 0 Å². The molecule has 2 radical (unpaired) electrons. The minimum atomic E-state index is 1.03. The number of hydrogen-bond donors (Lipinski definition) is 0. The molecule has 0 saturated heterocycles. The van der Waals surface area contributed by atoms with Gasteiger partial charge in [0.1, 0.15) is 0 Å². The minimum absolute atomic E-state index is 1.03. The Balaban J connectivity index is 2.69. The largest absolute Gasteiger partial charge is 0.0844 e. The molecule has 0 heterocycles. The second-order valence-corrected chi connectivity index (χ2v) is 2.20. The van der Waals surface area contributed by atoms with Gasteiger partial charge in [0.05, 0.1) is 0 Å². The van der Waals surface area contributed by atoms with Crippen molar-refractivity contribution in [2.45, 2.75) is 39.0 Å². The topological polar surface area (TPSA) is 0 Å². The molecule has 0 aromatic heterocycles. The molecule has 0 atom stereocenters. The maximum Gasteiger partial charge on any atom is 0.0351 e. The molecule has 0 aliphatic rings. The van der Waals surface area contributed by atoms with Crippen LogP contribution in [0.4, 0.5) is 0 Å². The van der Waals surface area contributed by atoms with Gasteiger partial charge in [-0.05, 0) is 12.8 Å². The molecule has 0 nitrogen and oxygen atoms in total. The molecule has 0 amide bonds. The monoisotopic (exact) mass is 122 g/mol.